The van der Waals surface area contributed by atoms with Gasteiger partial charge in [-0.15, -0.1) is 0 Å². The van der Waals surface area contributed by atoms with Gasteiger partial charge in [-0.1, -0.05) is 6.07 Å². The van der Waals surface area contributed by atoms with Crippen molar-refractivity contribution in [2.24, 2.45) is 12.8 Å². The van der Waals surface area contributed by atoms with Gasteiger partial charge >= 0.3 is 0 Å². The van der Waals surface area contributed by atoms with Gasteiger partial charge in [0.15, 0.2) is 0 Å². The largest absolute Gasteiger partial charge is 0.487 e. The third-order valence-electron chi connectivity index (χ3n) is 3.63. The predicted molar refractivity (Wildman–Crippen MR) is 73.8 cm³/mol. The molecule has 1 heterocycles. The Hall–Kier alpha value is -1.81. The first-order valence-electron chi connectivity index (χ1n) is 6.72. The van der Waals surface area contributed by atoms with Crippen LogP contribution in [0.5, 0.6) is 5.75 Å². The Balaban J connectivity index is 1.73. The van der Waals surface area contributed by atoms with E-state index in [2.05, 4.69) is 17.2 Å². The Kier molecular flexibility index (Phi) is 3.25. The summed E-state index contributed by atoms with van der Waals surface area (Å²) in [6, 6.07) is 8.37. The van der Waals surface area contributed by atoms with Gasteiger partial charge in [0.1, 0.15) is 12.4 Å². The third kappa shape index (κ3) is 2.63. The molecular formula is C15H19N3O. The number of hydrogen-bond acceptors (Lipinski definition) is 3. The van der Waals surface area contributed by atoms with E-state index >= 15 is 0 Å². The number of hydrogen-bond donors (Lipinski definition) is 1. The summed E-state index contributed by atoms with van der Waals surface area (Å²) in [5, 5.41) is 4.30. The minimum Gasteiger partial charge on any atom is -0.487 e. The monoisotopic (exact) mass is 257 g/mol. The summed E-state index contributed by atoms with van der Waals surface area (Å²) in [6.07, 6.45) is 5.30. The SMILES string of the molecule is Cn1ccc(COc2ccc3c(c2)[C@@H](N)CCC3)n1. The molecule has 4 heteroatoms. The lowest BCUT2D eigenvalue weighted by Crippen LogP contribution is -2.17. The highest BCUT2D eigenvalue weighted by molar-refractivity contribution is 5.39. The van der Waals surface area contributed by atoms with Crippen molar-refractivity contribution < 1.29 is 4.74 Å². The van der Waals surface area contributed by atoms with Crippen LogP contribution in [0.4, 0.5) is 0 Å². The molecule has 2 N–H and O–H groups in total. The van der Waals surface area contributed by atoms with E-state index in [0.717, 1.165) is 24.3 Å². The van der Waals surface area contributed by atoms with E-state index < -0.39 is 0 Å². The van der Waals surface area contributed by atoms with Crippen molar-refractivity contribution in [3.8, 4) is 5.75 Å². The lowest BCUT2D eigenvalue weighted by molar-refractivity contribution is 0.299. The molecule has 3 rings (SSSR count). The van der Waals surface area contributed by atoms with E-state index in [-0.39, 0.29) is 6.04 Å². The van der Waals surface area contributed by atoms with Gasteiger partial charge < -0.3 is 10.5 Å². The number of aromatic nitrogens is 2. The molecule has 19 heavy (non-hydrogen) atoms. The zero-order valence-electron chi connectivity index (χ0n) is 11.2. The average Bonchev–Trinajstić information content (AvgIpc) is 2.83. The number of rotatable bonds is 3. The molecule has 4 nitrogen and oxygen atoms in total. The molecule has 1 aromatic heterocycles. The predicted octanol–water partition coefficient (Wildman–Crippen LogP) is 2.34. The highest BCUT2D eigenvalue weighted by Crippen LogP contribution is 2.31. The Labute approximate surface area is 113 Å². The van der Waals surface area contributed by atoms with Crippen LogP contribution in [-0.4, -0.2) is 9.78 Å². The summed E-state index contributed by atoms with van der Waals surface area (Å²) < 4.78 is 7.57. The molecular weight excluding hydrogens is 238 g/mol. The lowest BCUT2D eigenvalue weighted by Gasteiger charge is -2.22. The van der Waals surface area contributed by atoms with Crippen LogP contribution < -0.4 is 10.5 Å². The normalized spacial score (nSPS) is 18.1. The summed E-state index contributed by atoms with van der Waals surface area (Å²) in [5.74, 6) is 0.877. The van der Waals surface area contributed by atoms with Crippen LogP contribution in [0.2, 0.25) is 0 Å². The number of nitrogens with two attached hydrogens (primary N) is 1. The molecule has 0 unspecified atom stereocenters. The smallest absolute Gasteiger partial charge is 0.132 e. The summed E-state index contributed by atoms with van der Waals surface area (Å²) in [6.45, 7) is 0.495. The zero-order valence-corrected chi connectivity index (χ0v) is 11.2. The molecule has 1 aliphatic carbocycles. The second kappa shape index (κ2) is 5.05. The highest BCUT2D eigenvalue weighted by Gasteiger charge is 2.17. The number of fused-ring (bicyclic) bond motifs is 1. The summed E-state index contributed by atoms with van der Waals surface area (Å²) in [4.78, 5) is 0. The van der Waals surface area contributed by atoms with Gasteiger partial charge in [-0.25, -0.2) is 0 Å². The first kappa shape index (κ1) is 12.2. The highest BCUT2D eigenvalue weighted by atomic mass is 16.5. The molecule has 1 atom stereocenters. The van der Waals surface area contributed by atoms with E-state index in [9.17, 15) is 0 Å². The van der Waals surface area contributed by atoms with E-state index in [4.69, 9.17) is 10.5 Å². The van der Waals surface area contributed by atoms with Crippen molar-refractivity contribution in [3.63, 3.8) is 0 Å². The fraction of sp³-hybridized carbons (Fsp3) is 0.400. The van der Waals surface area contributed by atoms with Gasteiger partial charge in [-0.05, 0) is 48.6 Å². The Morgan fingerprint density at radius 3 is 3.11 bits per heavy atom. The topological polar surface area (TPSA) is 53.1 Å². The van der Waals surface area contributed by atoms with Crippen molar-refractivity contribution in [1.29, 1.82) is 0 Å². The Morgan fingerprint density at radius 2 is 2.32 bits per heavy atom. The standard InChI is InChI=1S/C15H19N3O/c1-18-8-7-12(17-18)10-19-13-6-5-11-3-2-4-15(16)14(11)9-13/h5-9,15H,2-4,10,16H2,1H3/t15-/m0/s1. The van der Waals surface area contributed by atoms with Crippen LogP contribution in [-0.2, 0) is 20.1 Å². The summed E-state index contributed by atoms with van der Waals surface area (Å²) >= 11 is 0. The van der Waals surface area contributed by atoms with Crippen molar-refractivity contribution in [2.75, 3.05) is 0 Å². The molecule has 0 saturated heterocycles. The van der Waals surface area contributed by atoms with Crippen molar-refractivity contribution in [2.45, 2.75) is 31.9 Å². The number of nitrogens with zero attached hydrogens (tertiary/aromatic N) is 2. The average molecular weight is 257 g/mol. The fourth-order valence-corrected chi connectivity index (χ4v) is 2.60. The Bertz CT molecular complexity index is 577. The third-order valence-corrected chi connectivity index (χ3v) is 3.63. The van der Waals surface area contributed by atoms with Crippen LogP contribution >= 0.6 is 0 Å². The lowest BCUT2D eigenvalue weighted by atomic mass is 9.88. The molecule has 0 spiro atoms. The molecule has 2 aromatic rings. The molecule has 0 saturated carbocycles. The first-order valence-corrected chi connectivity index (χ1v) is 6.72. The minimum atomic E-state index is 0.155. The van der Waals surface area contributed by atoms with Crippen LogP contribution in [0.3, 0.4) is 0 Å². The second-order valence-electron chi connectivity index (χ2n) is 5.13. The van der Waals surface area contributed by atoms with Crippen molar-refractivity contribution >= 4 is 0 Å². The van der Waals surface area contributed by atoms with Gasteiger partial charge in [0.25, 0.3) is 0 Å². The molecule has 0 fully saturated rings. The number of aryl methyl sites for hydroxylation is 2. The molecule has 0 amide bonds. The van der Waals surface area contributed by atoms with Gasteiger partial charge in [-0.2, -0.15) is 5.10 Å². The molecule has 0 aliphatic heterocycles. The number of ether oxygens (including phenoxy) is 1. The second-order valence-corrected chi connectivity index (χ2v) is 5.13. The molecule has 0 bridgehead atoms. The van der Waals surface area contributed by atoms with Crippen LogP contribution in [0.15, 0.2) is 30.5 Å². The van der Waals surface area contributed by atoms with E-state index in [0.29, 0.717) is 6.61 Å². The van der Waals surface area contributed by atoms with Gasteiger partial charge in [0, 0.05) is 19.3 Å². The summed E-state index contributed by atoms with van der Waals surface area (Å²) in [5.41, 5.74) is 9.69. The van der Waals surface area contributed by atoms with Gasteiger partial charge in [-0.3, -0.25) is 4.68 Å². The van der Waals surface area contributed by atoms with Crippen molar-refractivity contribution in [1.82, 2.24) is 9.78 Å². The van der Waals surface area contributed by atoms with Gasteiger partial charge in [0.2, 0.25) is 0 Å². The summed E-state index contributed by atoms with van der Waals surface area (Å²) in [7, 11) is 1.90. The molecule has 1 aliphatic rings. The van der Waals surface area contributed by atoms with E-state index in [1.165, 1.54) is 17.5 Å². The molecule has 0 radical (unpaired) electrons. The van der Waals surface area contributed by atoms with Gasteiger partial charge in [0.05, 0.1) is 5.69 Å². The first-order chi connectivity index (χ1) is 9.22. The number of benzene rings is 1. The fourth-order valence-electron chi connectivity index (χ4n) is 2.60. The zero-order chi connectivity index (χ0) is 13.2. The molecule has 1 aromatic carbocycles. The minimum absolute atomic E-state index is 0.155. The van der Waals surface area contributed by atoms with E-state index in [1.807, 2.05) is 25.4 Å². The van der Waals surface area contributed by atoms with E-state index in [1.54, 1.807) is 4.68 Å². The van der Waals surface area contributed by atoms with Crippen LogP contribution in [0.1, 0.15) is 35.7 Å². The van der Waals surface area contributed by atoms with Crippen LogP contribution in [0.25, 0.3) is 0 Å². The van der Waals surface area contributed by atoms with Crippen molar-refractivity contribution in [3.05, 3.63) is 47.3 Å². The Morgan fingerprint density at radius 1 is 1.42 bits per heavy atom. The molecule has 100 valence electrons. The quantitative estimate of drug-likeness (QED) is 0.918. The van der Waals surface area contributed by atoms with Crippen LogP contribution in [0, 0.1) is 0 Å². The maximum absolute atomic E-state index is 6.15. The maximum Gasteiger partial charge on any atom is 0.132 e. The maximum atomic E-state index is 6.15.